The monoisotopic (exact) mass is 364 g/mol. The first-order valence-corrected chi connectivity index (χ1v) is 9.38. The molecule has 4 rings (SSSR count). The van der Waals surface area contributed by atoms with Gasteiger partial charge < -0.3 is 16.0 Å². The van der Waals surface area contributed by atoms with Crippen LogP contribution in [0.25, 0.3) is 0 Å². The third-order valence-electron chi connectivity index (χ3n) is 5.68. The lowest BCUT2D eigenvalue weighted by Crippen LogP contribution is -2.51. The van der Waals surface area contributed by atoms with Gasteiger partial charge in [-0.1, -0.05) is 13.0 Å². The second-order valence-corrected chi connectivity index (χ2v) is 7.55. The van der Waals surface area contributed by atoms with E-state index in [9.17, 15) is 9.59 Å². The second kappa shape index (κ2) is 6.68. The predicted octanol–water partition coefficient (Wildman–Crippen LogP) is 3.11. The normalized spacial score (nSPS) is 24.2. The Balaban J connectivity index is 1.84. The molecular weight excluding hydrogens is 340 g/mol. The SMILES string of the molecule is CC(=O)N1c2ccc(C(N)=O)cc2[C@H](Nc2ccccn2)[C@@H](C)[C@@H]1C1CC1. The highest BCUT2D eigenvalue weighted by molar-refractivity contribution is 5.97. The number of carbonyl (C=O) groups excluding carboxylic acids is 2. The fourth-order valence-corrected chi connectivity index (χ4v) is 4.33. The first kappa shape index (κ1) is 17.5. The molecular formula is C21H24N4O2. The van der Waals surface area contributed by atoms with E-state index >= 15 is 0 Å². The number of nitrogens with zero attached hydrogens (tertiary/aromatic N) is 2. The molecule has 0 saturated heterocycles. The van der Waals surface area contributed by atoms with Gasteiger partial charge in [-0.15, -0.1) is 0 Å². The van der Waals surface area contributed by atoms with Gasteiger partial charge in [-0.25, -0.2) is 4.98 Å². The maximum atomic E-state index is 12.5. The Morgan fingerprint density at radius 1 is 1.22 bits per heavy atom. The van der Waals surface area contributed by atoms with Crippen LogP contribution >= 0.6 is 0 Å². The Bertz CT molecular complexity index is 879. The Hall–Kier alpha value is -2.89. The molecule has 1 aliphatic carbocycles. The third-order valence-corrected chi connectivity index (χ3v) is 5.68. The van der Waals surface area contributed by atoms with Crippen LogP contribution in [0.1, 0.15) is 48.7 Å². The molecule has 0 bridgehead atoms. The van der Waals surface area contributed by atoms with Gasteiger partial charge in [0.1, 0.15) is 5.82 Å². The quantitative estimate of drug-likeness (QED) is 0.872. The summed E-state index contributed by atoms with van der Waals surface area (Å²) in [6.45, 7) is 3.78. The van der Waals surface area contributed by atoms with E-state index in [1.54, 1.807) is 19.2 Å². The van der Waals surface area contributed by atoms with Crippen molar-refractivity contribution >= 4 is 23.3 Å². The molecule has 6 nitrogen and oxygen atoms in total. The van der Waals surface area contributed by atoms with Crippen molar-refractivity contribution in [3.63, 3.8) is 0 Å². The van der Waals surface area contributed by atoms with Crippen LogP contribution in [-0.2, 0) is 4.79 Å². The van der Waals surface area contributed by atoms with Gasteiger partial charge in [-0.2, -0.15) is 0 Å². The number of pyridine rings is 1. The van der Waals surface area contributed by atoms with Crippen LogP contribution in [0.4, 0.5) is 11.5 Å². The maximum Gasteiger partial charge on any atom is 0.248 e. The summed E-state index contributed by atoms with van der Waals surface area (Å²) in [5.74, 6) is 1.01. The van der Waals surface area contributed by atoms with Crippen molar-refractivity contribution in [3.8, 4) is 0 Å². The fourth-order valence-electron chi connectivity index (χ4n) is 4.33. The minimum Gasteiger partial charge on any atom is -0.366 e. The highest BCUT2D eigenvalue weighted by Crippen LogP contribution is 2.50. The van der Waals surface area contributed by atoms with Crippen LogP contribution in [-0.4, -0.2) is 22.8 Å². The number of aromatic nitrogens is 1. The van der Waals surface area contributed by atoms with Crippen molar-refractivity contribution in [2.75, 3.05) is 10.2 Å². The number of carbonyl (C=O) groups is 2. The highest BCUT2D eigenvalue weighted by atomic mass is 16.2. The summed E-state index contributed by atoms with van der Waals surface area (Å²) in [5.41, 5.74) is 7.72. The minimum absolute atomic E-state index is 0.0307. The molecule has 1 aromatic carbocycles. The lowest BCUT2D eigenvalue weighted by Gasteiger charge is -2.46. The summed E-state index contributed by atoms with van der Waals surface area (Å²) in [6, 6.07) is 11.2. The van der Waals surface area contributed by atoms with E-state index in [2.05, 4.69) is 17.2 Å². The molecule has 140 valence electrons. The Morgan fingerprint density at radius 2 is 2.00 bits per heavy atom. The molecule has 1 aliphatic heterocycles. The van der Waals surface area contributed by atoms with Crippen molar-refractivity contribution in [2.45, 2.75) is 38.8 Å². The van der Waals surface area contributed by atoms with Crippen LogP contribution < -0.4 is 16.0 Å². The zero-order valence-electron chi connectivity index (χ0n) is 15.6. The smallest absolute Gasteiger partial charge is 0.248 e. The van der Waals surface area contributed by atoms with E-state index in [-0.39, 0.29) is 23.9 Å². The Kier molecular flexibility index (Phi) is 4.34. The van der Waals surface area contributed by atoms with Crippen LogP contribution in [0.15, 0.2) is 42.6 Å². The molecule has 1 saturated carbocycles. The minimum atomic E-state index is -0.472. The van der Waals surface area contributed by atoms with Gasteiger partial charge in [0, 0.05) is 36.3 Å². The van der Waals surface area contributed by atoms with Crippen LogP contribution in [0.2, 0.25) is 0 Å². The van der Waals surface area contributed by atoms with Crippen molar-refractivity contribution in [3.05, 3.63) is 53.7 Å². The molecule has 1 fully saturated rings. The number of benzene rings is 1. The number of nitrogens with two attached hydrogens (primary N) is 1. The lowest BCUT2D eigenvalue weighted by molar-refractivity contribution is -0.117. The van der Waals surface area contributed by atoms with Gasteiger partial charge in [-0.3, -0.25) is 9.59 Å². The number of fused-ring (bicyclic) bond motifs is 1. The molecule has 2 aliphatic rings. The second-order valence-electron chi connectivity index (χ2n) is 7.55. The van der Waals surface area contributed by atoms with Crippen molar-refractivity contribution in [1.29, 1.82) is 0 Å². The molecule has 6 heteroatoms. The number of amides is 2. The largest absolute Gasteiger partial charge is 0.366 e. The molecule has 2 aromatic rings. The van der Waals surface area contributed by atoms with Gasteiger partial charge >= 0.3 is 0 Å². The molecule has 2 amide bonds. The van der Waals surface area contributed by atoms with Crippen LogP contribution in [0.5, 0.6) is 0 Å². The third kappa shape index (κ3) is 3.16. The number of anilines is 2. The highest BCUT2D eigenvalue weighted by Gasteiger charge is 2.47. The summed E-state index contributed by atoms with van der Waals surface area (Å²) in [7, 11) is 0. The average Bonchev–Trinajstić information content (AvgIpc) is 3.48. The Morgan fingerprint density at radius 3 is 2.59 bits per heavy atom. The van der Waals surface area contributed by atoms with Crippen molar-refractivity contribution in [1.82, 2.24) is 4.98 Å². The summed E-state index contributed by atoms with van der Waals surface area (Å²) < 4.78 is 0. The number of nitrogens with one attached hydrogen (secondary N) is 1. The molecule has 3 N–H and O–H groups in total. The van der Waals surface area contributed by atoms with E-state index in [1.807, 2.05) is 35.2 Å². The van der Waals surface area contributed by atoms with Gasteiger partial charge in [-0.05, 0) is 54.7 Å². The van der Waals surface area contributed by atoms with Crippen LogP contribution in [0.3, 0.4) is 0 Å². The van der Waals surface area contributed by atoms with Gasteiger partial charge in [0.15, 0.2) is 0 Å². The van der Waals surface area contributed by atoms with E-state index in [1.165, 1.54) is 0 Å². The zero-order valence-corrected chi connectivity index (χ0v) is 15.6. The van der Waals surface area contributed by atoms with Crippen molar-refractivity contribution < 1.29 is 9.59 Å². The lowest BCUT2D eigenvalue weighted by atomic mass is 9.79. The van der Waals surface area contributed by atoms with Gasteiger partial charge in [0.05, 0.1) is 6.04 Å². The topological polar surface area (TPSA) is 88.3 Å². The number of hydrogen-bond donors (Lipinski definition) is 2. The first-order valence-electron chi connectivity index (χ1n) is 9.38. The molecule has 0 unspecified atom stereocenters. The molecule has 3 atom stereocenters. The standard InChI is InChI=1S/C21H24N4O2/c1-12-19(24-18-5-3-4-10-23-18)16-11-15(21(22)27)8-9-17(16)25(13(2)26)20(12)14-6-7-14/h3-5,8-12,14,19-20H,6-7H2,1-2H3,(H2,22,27)(H,23,24)/t12-,19-,20-/m1/s1. The van der Waals surface area contributed by atoms with E-state index in [0.29, 0.717) is 11.5 Å². The van der Waals surface area contributed by atoms with Gasteiger partial charge in [0.25, 0.3) is 0 Å². The van der Waals surface area contributed by atoms with Crippen LogP contribution in [0, 0.1) is 11.8 Å². The van der Waals surface area contributed by atoms with E-state index < -0.39 is 5.91 Å². The Labute approximate surface area is 158 Å². The summed E-state index contributed by atoms with van der Waals surface area (Å²) in [4.78, 5) is 30.6. The fraction of sp³-hybridized carbons (Fsp3) is 0.381. The number of hydrogen-bond acceptors (Lipinski definition) is 4. The summed E-state index contributed by atoms with van der Waals surface area (Å²) in [5, 5.41) is 3.52. The summed E-state index contributed by atoms with van der Waals surface area (Å²) in [6.07, 6.45) is 4.03. The molecule has 27 heavy (non-hydrogen) atoms. The molecule has 0 radical (unpaired) electrons. The van der Waals surface area contributed by atoms with Crippen molar-refractivity contribution in [2.24, 2.45) is 17.6 Å². The van der Waals surface area contributed by atoms with E-state index in [4.69, 9.17) is 5.73 Å². The molecule has 2 heterocycles. The van der Waals surface area contributed by atoms with Gasteiger partial charge in [0.2, 0.25) is 11.8 Å². The number of primary amides is 1. The van der Waals surface area contributed by atoms with E-state index in [0.717, 1.165) is 29.9 Å². The predicted molar refractivity (Wildman–Crippen MR) is 104 cm³/mol. The molecule has 1 aromatic heterocycles. The maximum absolute atomic E-state index is 12.5. The molecule has 0 spiro atoms. The zero-order chi connectivity index (χ0) is 19.1. The average molecular weight is 364 g/mol. The first-order chi connectivity index (χ1) is 13.0. The number of rotatable bonds is 4. The summed E-state index contributed by atoms with van der Waals surface area (Å²) >= 11 is 0.